The molecule has 0 heterocycles. The third-order valence-corrected chi connectivity index (χ3v) is 9.35. The number of Topliss-reactive ketones (excluding diaryl/α,β-unsaturated/α-hetero) is 1. The molecule has 1 amide bonds. The Morgan fingerprint density at radius 2 is 1.57 bits per heavy atom. The van der Waals surface area contributed by atoms with E-state index in [1.165, 1.54) is 4.90 Å². The summed E-state index contributed by atoms with van der Waals surface area (Å²) in [4.78, 5) is 26.7. The lowest BCUT2D eigenvalue weighted by Crippen LogP contribution is -2.44. The molecule has 0 fully saturated rings. The summed E-state index contributed by atoms with van der Waals surface area (Å²) in [5.41, 5.74) is -0.142. The Morgan fingerprint density at radius 3 is 1.96 bits per heavy atom. The summed E-state index contributed by atoms with van der Waals surface area (Å²) in [6, 6.07) is -0.358. The van der Waals surface area contributed by atoms with Gasteiger partial charge in [0.2, 0.25) is 8.32 Å². The number of hydrogen-bond acceptors (Lipinski definition) is 4. The summed E-state index contributed by atoms with van der Waals surface area (Å²) >= 11 is 0. The van der Waals surface area contributed by atoms with E-state index in [9.17, 15) is 9.59 Å². The molecule has 28 heavy (non-hydrogen) atoms. The monoisotopic (exact) mass is 411 g/mol. The van der Waals surface area contributed by atoms with E-state index in [2.05, 4.69) is 40.4 Å². The van der Waals surface area contributed by atoms with E-state index in [1.54, 1.807) is 33.1 Å². The van der Waals surface area contributed by atoms with Crippen molar-refractivity contribution in [1.29, 1.82) is 0 Å². The Balaban J connectivity index is 5.43. The number of amides is 1. The smallest absolute Gasteiger partial charge is 0.411 e. The van der Waals surface area contributed by atoms with Crippen molar-refractivity contribution in [2.75, 3.05) is 6.54 Å². The highest BCUT2D eigenvalue weighted by Gasteiger charge is 2.38. The van der Waals surface area contributed by atoms with Gasteiger partial charge in [-0.25, -0.2) is 4.79 Å². The normalized spacial score (nSPS) is 14.1. The molecule has 0 aliphatic carbocycles. The van der Waals surface area contributed by atoms with Crippen LogP contribution in [0.15, 0.2) is 24.5 Å². The molecule has 162 valence electrons. The Morgan fingerprint density at radius 1 is 1.07 bits per heavy atom. The highest BCUT2D eigenvalue weighted by molar-refractivity contribution is 6.74. The van der Waals surface area contributed by atoms with E-state index in [1.807, 2.05) is 20.8 Å². The molecule has 0 aliphatic heterocycles. The van der Waals surface area contributed by atoms with Crippen molar-refractivity contribution in [3.8, 4) is 0 Å². The summed E-state index contributed by atoms with van der Waals surface area (Å²) in [7, 11) is -1.94. The fourth-order valence-corrected chi connectivity index (χ4v) is 2.65. The van der Waals surface area contributed by atoms with E-state index < -0.39 is 20.0 Å². The topological polar surface area (TPSA) is 55.8 Å². The second-order valence-electron chi connectivity index (χ2n) is 10.2. The first-order valence-corrected chi connectivity index (χ1v) is 12.9. The zero-order chi connectivity index (χ0) is 22.5. The Kier molecular flexibility index (Phi) is 9.22. The van der Waals surface area contributed by atoms with Crippen molar-refractivity contribution in [3.63, 3.8) is 0 Å². The van der Waals surface area contributed by atoms with E-state index >= 15 is 0 Å². The molecule has 0 bridgehead atoms. The van der Waals surface area contributed by atoms with Gasteiger partial charge >= 0.3 is 6.09 Å². The van der Waals surface area contributed by atoms with Gasteiger partial charge in [0.25, 0.3) is 0 Å². The lowest BCUT2D eigenvalue weighted by atomic mass is 10.0. The molecule has 5 nitrogen and oxygen atoms in total. The van der Waals surface area contributed by atoms with Gasteiger partial charge < -0.3 is 9.16 Å². The molecular formula is C22H41NO4Si. The maximum Gasteiger partial charge on any atom is 0.411 e. The minimum atomic E-state index is -1.94. The highest BCUT2D eigenvalue weighted by atomic mass is 28.4. The first-order valence-electron chi connectivity index (χ1n) is 9.95. The standard InChI is InChI=1S/C22H41NO4Si/c1-16(2)18(4)19(24)15-23(20(25)27-21(5,6)7)17(3)13-14-26-28(11,12)22(8,9)10/h13-14,16-17H,4,15H2,1-3,5-12H3. The SMILES string of the molecule is C=C(C(=O)CN(C(=O)OC(C)(C)C)C(C)C=CO[Si](C)(C)C(C)(C)C)C(C)C. The summed E-state index contributed by atoms with van der Waals surface area (Å²) < 4.78 is 11.6. The third kappa shape index (κ3) is 8.63. The molecule has 0 aromatic carbocycles. The van der Waals surface area contributed by atoms with E-state index in [4.69, 9.17) is 9.16 Å². The predicted molar refractivity (Wildman–Crippen MR) is 119 cm³/mol. The Labute approximate surface area is 173 Å². The molecule has 1 atom stereocenters. The van der Waals surface area contributed by atoms with Gasteiger partial charge in [0, 0.05) is 0 Å². The minimum absolute atomic E-state index is 0.0285. The van der Waals surface area contributed by atoms with Crippen LogP contribution in [0.2, 0.25) is 18.1 Å². The van der Waals surface area contributed by atoms with Crippen LogP contribution in [-0.2, 0) is 14.0 Å². The number of hydrogen-bond donors (Lipinski definition) is 0. The van der Waals surface area contributed by atoms with Gasteiger partial charge in [-0.1, -0.05) is 41.2 Å². The quantitative estimate of drug-likeness (QED) is 0.282. The molecule has 6 heteroatoms. The summed E-state index contributed by atoms with van der Waals surface area (Å²) in [5.74, 6) is -0.132. The van der Waals surface area contributed by atoms with Crippen LogP contribution in [-0.4, -0.2) is 43.3 Å². The fourth-order valence-electron chi connectivity index (χ4n) is 1.88. The fraction of sp³-hybridized carbons (Fsp3) is 0.727. The highest BCUT2D eigenvalue weighted by Crippen LogP contribution is 2.36. The number of carbonyl (C=O) groups is 2. The Bertz CT molecular complexity index is 595. The number of ketones is 1. The molecule has 0 aromatic rings. The first-order chi connectivity index (χ1) is 12.4. The van der Waals surface area contributed by atoms with Gasteiger partial charge in [-0.05, 0) is 63.4 Å². The van der Waals surface area contributed by atoms with Crippen LogP contribution in [0.4, 0.5) is 4.79 Å². The molecule has 0 aliphatic rings. The lowest BCUT2D eigenvalue weighted by Gasteiger charge is -2.35. The summed E-state index contributed by atoms with van der Waals surface area (Å²) in [6.45, 7) is 25.7. The first kappa shape index (κ1) is 26.4. The van der Waals surface area contributed by atoms with Crippen molar-refractivity contribution in [3.05, 3.63) is 24.5 Å². The molecule has 0 saturated carbocycles. The molecule has 0 rings (SSSR count). The van der Waals surface area contributed by atoms with Crippen molar-refractivity contribution in [2.24, 2.45) is 5.92 Å². The van der Waals surface area contributed by atoms with Crippen LogP contribution in [0.25, 0.3) is 0 Å². The summed E-state index contributed by atoms with van der Waals surface area (Å²) in [6.07, 6.45) is 2.94. The average Bonchev–Trinajstić information content (AvgIpc) is 2.47. The van der Waals surface area contributed by atoms with Gasteiger partial charge in [0.1, 0.15) is 5.60 Å². The number of nitrogens with zero attached hydrogens (tertiary/aromatic N) is 1. The summed E-state index contributed by atoms with van der Waals surface area (Å²) in [5, 5.41) is 0.0798. The number of carbonyl (C=O) groups excluding carboxylic acids is 2. The van der Waals surface area contributed by atoms with Crippen LogP contribution in [0.5, 0.6) is 0 Å². The maximum absolute atomic E-state index is 12.7. The third-order valence-electron chi connectivity index (χ3n) is 5.01. The van der Waals surface area contributed by atoms with Gasteiger partial charge in [-0.15, -0.1) is 0 Å². The second kappa shape index (κ2) is 9.77. The van der Waals surface area contributed by atoms with E-state index in [0.29, 0.717) is 5.57 Å². The molecule has 0 spiro atoms. The Hall–Kier alpha value is -1.56. The van der Waals surface area contributed by atoms with E-state index in [-0.39, 0.29) is 29.3 Å². The van der Waals surface area contributed by atoms with E-state index in [0.717, 1.165) is 0 Å². The molecule has 0 N–H and O–H groups in total. The lowest BCUT2D eigenvalue weighted by molar-refractivity contribution is -0.117. The molecule has 0 aromatic heterocycles. The molecule has 0 saturated heterocycles. The van der Waals surface area contributed by atoms with Crippen LogP contribution in [0.1, 0.15) is 62.3 Å². The van der Waals surface area contributed by atoms with Crippen molar-refractivity contribution >= 4 is 20.2 Å². The van der Waals surface area contributed by atoms with Gasteiger partial charge in [-0.2, -0.15) is 0 Å². The van der Waals surface area contributed by atoms with Crippen molar-refractivity contribution < 1.29 is 18.8 Å². The van der Waals surface area contributed by atoms with Gasteiger partial charge in [0.05, 0.1) is 18.8 Å². The maximum atomic E-state index is 12.7. The number of rotatable bonds is 8. The largest absolute Gasteiger partial charge is 0.549 e. The van der Waals surface area contributed by atoms with Gasteiger partial charge in [0.15, 0.2) is 5.78 Å². The minimum Gasteiger partial charge on any atom is -0.549 e. The van der Waals surface area contributed by atoms with Crippen molar-refractivity contribution in [1.82, 2.24) is 4.90 Å². The van der Waals surface area contributed by atoms with Crippen molar-refractivity contribution in [2.45, 2.75) is 92.1 Å². The molecule has 1 unspecified atom stereocenters. The van der Waals surface area contributed by atoms with Crippen LogP contribution in [0, 0.1) is 5.92 Å². The van der Waals surface area contributed by atoms with Gasteiger partial charge in [-0.3, -0.25) is 9.69 Å². The van der Waals surface area contributed by atoms with Crippen LogP contribution >= 0.6 is 0 Å². The number of ether oxygens (including phenoxy) is 1. The zero-order valence-corrected chi connectivity index (χ0v) is 20.8. The van der Waals surface area contributed by atoms with Crippen LogP contribution < -0.4 is 0 Å². The molecular weight excluding hydrogens is 370 g/mol. The molecule has 0 radical (unpaired) electrons. The zero-order valence-electron chi connectivity index (χ0n) is 19.8. The second-order valence-corrected chi connectivity index (χ2v) is 14.9. The average molecular weight is 412 g/mol. The van der Waals surface area contributed by atoms with Crippen LogP contribution in [0.3, 0.4) is 0 Å². The predicted octanol–water partition coefficient (Wildman–Crippen LogP) is 5.93.